The summed E-state index contributed by atoms with van der Waals surface area (Å²) in [6.07, 6.45) is 1.57. The van der Waals surface area contributed by atoms with E-state index in [-0.39, 0.29) is 0 Å². The fourth-order valence-electron chi connectivity index (χ4n) is 1.28. The van der Waals surface area contributed by atoms with E-state index in [4.69, 9.17) is 0 Å². The molecule has 1 aromatic heterocycles. The molecule has 0 aliphatic rings. The number of anilines is 2. The molecule has 0 saturated heterocycles. The lowest BCUT2D eigenvalue weighted by Crippen LogP contribution is -2.17. The van der Waals surface area contributed by atoms with Crippen molar-refractivity contribution in [2.24, 2.45) is 11.8 Å². The second-order valence-electron chi connectivity index (χ2n) is 4.52. The van der Waals surface area contributed by atoms with Gasteiger partial charge in [0.05, 0.1) is 0 Å². The fourth-order valence-corrected chi connectivity index (χ4v) is 1.76. The highest BCUT2D eigenvalue weighted by molar-refractivity contribution is 9.10. The molecule has 0 fully saturated rings. The van der Waals surface area contributed by atoms with Crippen molar-refractivity contribution in [2.45, 2.75) is 27.7 Å². The molecule has 1 aromatic rings. The predicted molar refractivity (Wildman–Crippen MR) is 76.4 cm³/mol. The average molecular weight is 301 g/mol. The van der Waals surface area contributed by atoms with Crippen LogP contribution in [0.15, 0.2) is 10.8 Å². The van der Waals surface area contributed by atoms with Gasteiger partial charge in [-0.25, -0.2) is 9.97 Å². The minimum absolute atomic E-state index is 0.611. The van der Waals surface area contributed by atoms with Crippen molar-refractivity contribution in [3.05, 3.63) is 10.8 Å². The van der Waals surface area contributed by atoms with Crippen LogP contribution in [0, 0.1) is 11.8 Å². The molecule has 4 nitrogen and oxygen atoms in total. The van der Waals surface area contributed by atoms with Crippen LogP contribution in [0.5, 0.6) is 0 Å². The van der Waals surface area contributed by atoms with E-state index in [0.717, 1.165) is 29.2 Å². The van der Waals surface area contributed by atoms with Crippen molar-refractivity contribution in [1.29, 1.82) is 0 Å². The zero-order chi connectivity index (χ0) is 12.8. The molecule has 0 aromatic carbocycles. The van der Waals surface area contributed by atoms with E-state index >= 15 is 0 Å². The molecular weight excluding hydrogens is 280 g/mol. The summed E-state index contributed by atoms with van der Waals surface area (Å²) >= 11 is 3.52. The molecule has 1 heterocycles. The summed E-state index contributed by atoms with van der Waals surface area (Å²) in [5, 5.41) is 6.54. The Morgan fingerprint density at radius 3 is 2.29 bits per heavy atom. The quantitative estimate of drug-likeness (QED) is 0.846. The molecule has 1 atom stereocenters. The summed E-state index contributed by atoms with van der Waals surface area (Å²) < 4.78 is 0.901. The van der Waals surface area contributed by atoms with E-state index in [9.17, 15) is 0 Å². The van der Waals surface area contributed by atoms with E-state index in [1.165, 1.54) is 0 Å². The van der Waals surface area contributed by atoms with Crippen LogP contribution < -0.4 is 10.6 Å². The van der Waals surface area contributed by atoms with Gasteiger partial charge in [-0.1, -0.05) is 20.8 Å². The Morgan fingerprint density at radius 2 is 1.76 bits per heavy atom. The summed E-state index contributed by atoms with van der Waals surface area (Å²) in [6, 6.07) is 0. The Hall–Kier alpha value is -0.840. The minimum Gasteiger partial charge on any atom is -0.369 e. The topological polar surface area (TPSA) is 49.8 Å². The average Bonchev–Trinajstić information content (AvgIpc) is 2.30. The molecule has 0 radical (unpaired) electrons. The Kier molecular flexibility index (Phi) is 5.68. The molecule has 0 aliphatic heterocycles. The van der Waals surface area contributed by atoms with Gasteiger partial charge in [-0.15, -0.1) is 0 Å². The third-order valence-corrected chi connectivity index (χ3v) is 3.61. The van der Waals surface area contributed by atoms with E-state index in [1.54, 1.807) is 6.33 Å². The molecule has 0 aliphatic carbocycles. The summed E-state index contributed by atoms with van der Waals surface area (Å²) in [5.41, 5.74) is 0. The van der Waals surface area contributed by atoms with Crippen LogP contribution in [0.3, 0.4) is 0 Å². The number of hydrogen-bond acceptors (Lipinski definition) is 4. The molecule has 2 N–H and O–H groups in total. The van der Waals surface area contributed by atoms with E-state index in [1.807, 2.05) is 6.92 Å². The second kappa shape index (κ2) is 6.79. The molecule has 96 valence electrons. The maximum atomic E-state index is 4.24. The van der Waals surface area contributed by atoms with Gasteiger partial charge in [0.15, 0.2) is 0 Å². The molecular formula is C12H21BrN4. The molecule has 0 saturated carbocycles. The number of rotatable bonds is 6. The highest BCUT2D eigenvalue weighted by Gasteiger charge is 2.10. The van der Waals surface area contributed by atoms with Gasteiger partial charge < -0.3 is 10.6 Å². The third-order valence-electron chi connectivity index (χ3n) is 2.86. The zero-order valence-corrected chi connectivity index (χ0v) is 12.5. The first-order valence-corrected chi connectivity index (χ1v) is 6.83. The van der Waals surface area contributed by atoms with Gasteiger partial charge in [0.1, 0.15) is 22.4 Å². The van der Waals surface area contributed by atoms with E-state index in [2.05, 4.69) is 57.3 Å². The number of nitrogens with one attached hydrogen (secondary N) is 2. The Balaban J connectivity index is 2.68. The van der Waals surface area contributed by atoms with Crippen LogP contribution in [-0.4, -0.2) is 23.1 Å². The van der Waals surface area contributed by atoms with Gasteiger partial charge in [0.2, 0.25) is 0 Å². The maximum Gasteiger partial charge on any atom is 0.145 e. The summed E-state index contributed by atoms with van der Waals surface area (Å²) in [5.74, 6) is 2.96. The van der Waals surface area contributed by atoms with Crippen LogP contribution in [0.25, 0.3) is 0 Å². The van der Waals surface area contributed by atoms with Crippen LogP contribution in [-0.2, 0) is 0 Å². The van der Waals surface area contributed by atoms with Gasteiger partial charge in [-0.2, -0.15) is 0 Å². The molecule has 1 unspecified atom stereocenters. The Morgan fingerprint density at radius 1 is 1.18 bits per heavy atom. The lowest BCUT2D eigenvalue weighted by Gasteiger charge is -2.17. The molecule has 0 spiro atoms. The highest BCUT2D eigenvalue weighted by atomic mass is 79.9. The molecule has 17 heavy (non-hydrogen) atoms. The Labute approximate surface area is 112 Å². The van der Waals surface area contributed by atoms with Gasteiger partial charge in [-0.3, -0.25) is 0 Å². The lowest BCUT2D eigenvalue weighted by molar-refractivity contribution is 0.439. The first-order valence-electron chi connectivity index (χ1n) is 6.04. The monoisotopic (exact) mass is 300 g/mol. The molecule has 5 heteroatoms. The number of nitrogens with zero attached hydrogens (tertiary/aromatic N) is 2. The number of aromatic nitrogens is 2. The standard InChI is InChI=1S/C12H21BrN4/c1-5-14-11-10(13)12(17-7-16-11)15-6-9(4)8(2)3/h7-9H,5-6H2,1-4H3,(H2,14,15,16,17). The lowest BCUT2D eigenvalue weighted by atomic mass is 9.98. The predicted octanol–water partition coefficient (Wildman–Crippen LogP) is 3.37. The van der Waals surface area contributed by atoms with Crippen LogP contribution in [0.4, 0.5) is 11.6 Å². The summed E-state index contributed by atoms with van der Waals surface area (Å²) in [4.78, 5) is 8.43. The first kappa shape index (κ1) is 14.2. The third kappa shape index (κ3) is 4.15. The van der Waals surface area contributed by atoms with Gasteiger partial charge in [0.25, 0.3) is 0 Å². The van der Waals surface area contributed by atoms with Crippen molar-refractivity contribution < 1.29 is 0 Å². The number of hydrogen-bond donors (Lipinski definition) is 2. The maximum absolute atomic E-state index is 4.24. The summed E-state index contributed by atoms with van der Waals surface area (Å²) in [6.45, 7) is 10.5. The van der Waals surface area contributed by atoms with E-state index < -0.39 is 0 Å². The first-order chi connectivity index (χ1) is 8.06. The minimum atomic E-state index is 0.611. The van der Waals surface area contributed by atoms with Crippen LogP contribution in [0.2, 0.25) is 0 Å². The molecule has 0 amide bonds. The largest absolute Gasteiger partial charge is 0.369 e. The van der Waals surface area contributed by atoms with Crippen molar-refractivity contribution in [3.8, 4) is 0 Å². The van der Waals surface area contributed by atoms with E-state index in [0.29, 0.717) is 11.8 Å². The van der Waals surface area contributed by atoms with Crippen molar-refractivity contribution in [2.75, 3.05) is 23.7 Å². The van der Waals surface area contributed by atoms with Crippen molar-refractivity contribution >= 4 is 27.6 Å². The van der Waals surface area contributed by atoms with Crippen LogP contribution >= 0.6 is 15.9 Å². The van der Waals surface area contributed by atoms with Gasteiger partial charge in [-0.05, 0) is 34.7 Å². The van der Waals surface area contributed by atoms with Crippen molar-refractivity contribution in [3.63, 3.8) is 0 Å². The normalized spacial score (nSPS) is 12.6. The zero-order valence-electron chi connectivity index (χ0n) is 10.9. The van der Waals surface area contributed by atoms with Gasteiger partial charge in [0, 0.05) is 13.1 Å². The van der Waals surface area contributed by atoms with Crippen molar-refractivity contribution in [1.82, 2.24) is 9.97 Å². The van der Waals surface area contributed by atoms with Gasteiger partial charge >= 0.3 is 0 Å². The summed E-state index contributed by atoms with van der Waals surface area (Å²) in [7, 11) is 0. The molecule has 1 rings (SSSR count). The van der Waals surface area contributed by atoms with Crippen LogP contribution in [0.1, 0.15) is 27.7 Å². The highest BCUT2D eigenvalue weighted by Crippen LogP contribution is 2.26. The molecule has 0 bridgehead atoms. The second-order valence-corrected chi connectivity index (χ2v) is 5.31. The Bertz CT molecular complexity index is 354. The fraction of sp³-hybridized carbons (Fsp3) is 0.667. The SMILES string of the molecule is CCNc1ncnc(NCC(C)C(C)C)c1Br. The number of halogens is 1. The smallest absolute Gasteiger partial charge is 0.145 e.